The number of ether oxygens (including phenoxy) is 1. The van der Waals surface area contributed by atoms with Gasteiger partial charge in [0.2, 0.25) is 0 Å². The SMILES string of the molecule is CC(C)CCCO[C]=O. The molecule has 0 aliphatic carbocycles. The van der Waals surface area contributed by atoms with Crippen LogP contribution >= 0.6 is 0 Å². The fourth-order valence-electron chi connectivity index (χ4n) is 0.605. The molecule has 9 heavy (non-hydrogen) atoms. The highest BCUT2D eigenvalue weighted by Gasteiger charge is 1.92. The van der Waals surface area contributed by atoms with Crippen molar-refractivity contribution in [2.45, 2.75) is 26.7 Å². The average Bonchev–Trinajstić information content (AvgIpc) is 1.80. The van der Waals surface area contributed by atoms with Crippen LogP contribution in [-0.2, 0) is 9.53 Å². The molecule has 0 unspecified atom stereocenters. The molecule has 0 aromatic rings. The van der Waals surface area contributed by atoms with E-state index in [1.165, 1.54) is 6.47 Å². The number of hydrogen-bond acceptors (Lipinski definition) is 2. The molecule has 0 aliphatic heterocycles. The Labute approximate surface area is 56.2 Å². The van der Waals surface area contributed by atoms with Gasteiger partial charge in [-0.25, -0.2) is 4.79 Å². The molecule has 0 aliphatic rings. The molecule has 53 valence electrons. The van der Waals surface area contributed by atoms with Gasteiger partial charge in [-0.15, -0.1) is 0 Å². The minimum atomic E-state index is 0.516. The van der Waals surface area contributed by atoms with Crippen LogP contribution in [0.25, 0.3) is 0 Å². The molecule has 0 spiro atoms. The van der Waals surface area contributed by atoms with Crippen molar-refractivity contribution >= 4 is 6.47 Å². The molecule has 0 heterocycles. The van der Waals surface area contributed by atoms with Crippen molar-refractivity contribution in [2.24, 2.45) is 5.92 Å². The summed E-state index contributed by atoms with van der Waals surface area (Å²) in [6.45, 7) is 6.19. The molecule has 0 saturated carbocycles. The first-order valence-corrected chi connectivity index (χ1v) is 3.26. The Bertz CT molecular complexity index is 69.3. The van der Waals surface area contributed by atoms with Gasteiger partial charge < -0.3 is 4.74 Å². The molecule has 2 heteroatoms. The molecule has 0 amide bonds. The van der Waals surface area contributed by atoms with E-state index in [1.54, 1.807) is 0 Å². The Morgan fingerprint density at radius 2 is 2.22 bits per heavy atom. The predicted molar refractivity (Wildman–Crippen MR) is 35.7 cm³/mol. The van der Waals surface area contributed by atoms with Crippen molar-refractivity contribution in [3.8, 4) is 0 Å². The number of hydrogen-bond donors (Lipinski definition) is 0. The molecule has 0 rings (SSSR count). The van der Waals surface area contributed by atoms with Gasteiger partial charge >= 0.3 is 6.47 Å². The second kappa shape index (κ2) is 5.60. The summed E-state index contributed by atoms with van der Waals surface area (Å²) in [4.78, 5) is 9.50. The van der Waals surface area contributed by atoms with Crippen LogP contribution in [0.15, 0.2) is 0 Å². The van der Waals surface area contributed by atoms with Gasteiger partial charge in [0.05, 0.1) is 6.61 Å². The first-order valence-electron chi connectivity index (χ1n) is 3.26. The lowest BCUT2D eigenvalue weighted by molar-refractivity contribution is 0.264. The molecule has 0 bridgehead atoms. The minimum absolute atomic E-state index is 0.516. The van der Waals surface area contributed by atoms with Crippen molar-refractivity contribution in [2.75, 3.05) is 6.61 Å². The van der Waals surface area contributed by atoms with Gasteiger partial charge in [-0.05, 0) is 18.8 Å². The summed E-state index contributed by atoms with van der Waals surface area (Å²) < 4.78 is 4.38. The third-order valence-corrected chi connectivity index (χ3v) is 1.09. The predicted octanol–water partition coefficient (Wildman–Crippen LogP) is 1.51. The van der Waals surface area contributed by atoms with E-state index in [2.05, 4.69) is 18.6 Å². The van der Waals surface area contributed by atoms with Gasteiger partial charge in [0.25, 0.3) is 0 Å². The van der Waals surface area contributed by atoms with E-state index in [1.807, 2.05) is 0 Å². The van der Waals surface area contributed by atoms with Gasteiger partial charge in [0.15, 0.2) is 0 Å². The normalized spacial score (nSPS) is 9.67. The maximum atomic E-state index is 9.50. The van der Waals surface area contributed by atoms with Crippen molar-refractivity contribution in [1.29, 1.82) is 0 Å². The maximum absolute atomic E-state index is 9.50. The fourth-order valence-corrected chi connectivity index (χ4v) is 0.605. The van der Waals surface area contributed by atoms with E-state index < -0.39 is 0 Å². The Morgan fingerprint density at radius 3 is 2.67 bits per heavy atom. The highest BCUT2D eigenvalue weighted by atomic mass is 16.5. The molecule has 0 aromatic heterocycles. The zero-order valence-corrected chi connectivity index (χ0v) is 6.02. The largest absolute Gasteiger partial charge is 0.457 e. The van der Waals surface area contributed by atoms with Gasteiger partial charge in [-0.1, -0.05) is 13.8 Å². The van der Waals surface area contributed by atoms with E-state index >= 15 is 0 Å². The first kappa shape index (κ1) is 8.47. The Hall–Kier alpha value is -0.530. The standard InChI is InChI=1S/C7H13O2/c1-7(2)4-3-5-9-6-8/h7H,3-5H2,1-2H3. The minimum Gasteiger partial charge on any atom is -0.457 e. The van der Waals surface area contributed by atoms with Gasteiger partial charge in [0, 0.05) is 0 Å². The van der Waals surface area contributed by atoms with E-state index in [0.717, 1.165) is 12.8 Å². The highest BCUT2D eigenvalue weighted by Crippen LogP contribution is 2.02. The summed E-state index contributed by atoms with van der Waals surface area (Å²) >= 11 is 0. The lowest BCUT2D eigenvalue weighted by atomic mass is 10.1. The quantitative estimate of drug-likeness (QED) is 0.526. The van der Waals surface area contributed by atoms with Crippen LogP contribution in [0.3, 0.4) is 0 Å². The summed E-state index contributed by atoms with van der Waals surface area (Å²) in [6, 6.07) is 0. The molecule has 0 fully saturated rings. The summed E-state index contributed by atoms with van der Waals surface area (Å²) in [6.07, 6.45) is 2.06. The molecule has 2 nitrogen and oxygen atoms in total. The van der Waals surface area contributed by atoms with Crippen molar-refractivity contribution < 1.29 is 9.53 Å². The van der Waals surface area contributed by atoms with Crippen LogP contribution in [0.4, 0.5) is 0 Å². The van der Waals surface area contributed by atoms with Gasteiger partial charge in [-0.3, -0.25) is 0 Å². The smallest absolute Gasteiger partial charge is 0.417 e. The molecular formula is C7H13O2. The molecule has 0 saturated heterocycles. The first-order chi connectivity index (χ1) is 4.27. The lowest BCUT2D eigenvalue weighted by Gasteiger charge is -2.00. The van der Waals surface area contributed by atoms with Gasteiger partial charge in [-0.2, -0.15) is 0 Å². The van der Waals surface area contributed by atoms with Gasteiger partial charge in [0.1, 0.15) is 0 Å². The van der Waals surface area contributed by atoms with Crippen LogP contribution in [0.1, 0.15) is 26.7 Å². The maximum Gasteiger partial charge on any atom is 0.417 e. The molecule has 0 atom stereocenters. The summed E-state index contributed by atoms with van der Waals surface area (Å²) in [5.74, 6) is 0.695. The zero-order chi connectivity index (χ0) is 7.11. The average molecular weight is 129 g/mol. The lowest BCUT2D eigenvalue weighted by Crippen LogP contribution is -1.94. The molecule has 0 N–H and O–H groups in total. The fraction of sp³-hybridized carbons (Fsp3) is 0.857. The molecule has 1 radical (unpaired) electrons. The third-order valence-electron chi connectivity index (χ3n) is 1.09. The van der Waals surface area contributed by atoms with Crippen molar-refractivity contribution in [3.63, 3.8) is 0 Å². The Kier molecular flexibility index (Phi) is 5.27. The van der Waals surface area contributed by atoms with E-state index in [-0.39, 0.29) is 0 Å². The monoisotopic (exact) mass is 129 g/mol. The van der Waals surface area contributed by atoms with Crippen molar-refractivity contribution in [3.05, 3.63) is 0 Å². The van der Waals surface area contributed by atoms with E-state index in [9.17, 15) is 4.79 Å². The topological polar surface area (TPSA) is 26.3 Å². The van der Waals surface area contributed by atoms with E-state index in [0.29, 0.717) is 12.5 Å². The Morgan fingerprint density at radius 1 is 1.56 bits per heavy atom. The molecule has 0 aromatic carbocycles. The Balaban J connectivity index is 2.82. The summed E-state index contributed by atoms with van der Waals surface area (Å²) in [7, 11) is 0. The highest BCUT2D eigenvalue weighted by molar-refractivity contribution is 5.37. The van der Waals surface area contributed by atoms with Crippen LogP contribution in [-0.4, -0.2) is 13.1 Å². The zero-order valence-electron chi connectivity index (χ0n) is 6.02. The summed E-state index contributed by atoms with van der Waals surface area (Å²) in [5, 5.41) is 0. The third kappa shape index (κ3) is 7.47. The van der Waals surface area contributed by atoms with E-state index in [4.69, 9.17) is 0 Å². The number of rotatable bonds is 5. The number of carbonyl (C=O) groups excluding carboxylic acids is 1. The second-order valence-corrected chi connectivity index (χ2v) is 2.47. The van der Waals surface area contributed by atoms with Crippen LogP contribution in [0, 0.1) is 5.92 Å². The van der Waals surface area contributed by atoms with Crippen LogP contribution < -0.4 is 0 Å². The van der Waals surface area contributed by atoms with Crippen molar-refractivity contribution in [1.82, 2.24) is 0 Å². The summed E-state index contributed by atoms with van der Waals surface area (Å²) in [5.41, 5.74) is 0. The second-order valence-electron chi connectivity index (χ2n) is 2.47. The van der Waals surface area contributed by atoms with Crippen LogP contribution in [0.2, 0.25) is 0 Å². The van der Waals surface area contributed by atoms with Crippen LogP contribution in [0.5, 0.6) is 0 Å². The molecular weight excluding hydrogens is 116 g/mol.